The molecule has 3 fully saturated rings. The van der Waals surface area contributed by atoms with Gasteiger partial charge in [-0.1, -0.05) is 11.6 Å². The maximum absolute atomic E-state index is 13.6. The van der Waals surface area contributed by atoms with Crippen LogP contribution < -0.4 is 15.4 Å². The van der Waals surface area contributed by atoms with Crippen molar-refractivity contribution in [3.05, 3.63) is 46.5 Å². The van der Waals surface area contributed by atoms with Crippen LogP contribution in [0.3, 0.4) is 0 Å². The quantitative estimate of drug-likeness (QED) is 0.546. The van der Waals surface area contributed by atoms with E-state index < -0.39 is 35.1 Å². The monoisotopic (exact) mass is 496 g/mol. The van der Waals surface area contributed by atoms with Crippen LogP contribution in [-0.4, -0.2) is 50.5 Å². The zero-order chi connectivity index (χ0) is 24.7. The van der Waals surface area contributed by atoms with Crippen LogP contribution in [0.5, 0.6) is 5.75 Å². The highest BCUT2D eigenvalue weighted by molar-refractivity contribution is 6.30. The summed E-state index contributed by atoms with van der Waals surface area (Å²) in [4.78, 5) is 25.4. The normalized spacial score (nSPS) is 26.7. The molecule has 3 aliphatic carbocycles. The summed E-state index contributed by atoms with van der Waals surface area (Å²) in [7, 11) is 1.58. The number of rotatable bonds is 7. The Bertz CT molecular complexity index is 1100. The predicted octanol–water partition coefficient (Wildman–Crippen LogP) is 2.98. The number of aliphatic hydroxyl groups is 1. The summed E-state index contributed by atoms with van der Waals surface area (Å²) in [6.45, 7) is 1.02. The van der Waals surface area contributed by atoms with Gasteiger partial charge in [-0.05, 0) is 57.2 Å². The van der Waals surface area contributed by atoms with E-state index in [0.717, 1.165) is 6.07 Å². The van der Waals surface area contributed by atoms with E-state index in [1.165, 1.54) is 29.8 Å². The molecular weight excluding hydrogens is 470 g/mol. The van der Waals surface area contributed by atoms with Crippen molar-refractivity contribution in [2.45, 2.75) is 62.4 Å². The average molecular weight is 497 g/mol. The molecule has 2 atom stereocenters. The number of aromatic nitrogens is 2. The number of hydrogen-bond donors (Lipinski definition) is 3. The van der Waals surface area contributed by atoms with Gasteiger partial charge < -0.3 is 20.5 Å². The molecule has 1 aromatic heterocycles. The fourth-order valence-corrected chi connectivity index (χ4v) is 5.01. The largest absolute Gasteiger partial charge is 0.484 e. The van der Waals surface area contributed by atoms with Crippen LogP contribution in [0, 0.1) is 5.82 Å². The van der Waals surface area contributed by atoms with Crippen molar-refractivity contribution >= 4 is 23.4 Å². The number of carbonyl (C=O) groups is 2. The van der Waals surface area contributed by atoms with Crippen molar-refractivity contribution in [1.82, 2.24) is 20.4 Å². The van der Waals surface area contributed by atoms with E-state index in [9.17, 15) is 23.5 Å². The van der Waals surface area contributed by atoms with Gasteiger partial charge in [0.2, 0.25) is 0 Å². The van der Waals surface area contributed by atoms with Gasteiger partial charge in [-0.25, -0.2) is 8.78 Å². The lowest BCUT2D eigenvalue weighted by molar-refractivity contribution is -0.132. The number of alkyl halides is 1. The number of aryl methyl sites for hydroxylation is 1. The van der Waals surface area contributed by atoms with Gasteiger partial charge >= 0.3 is 0 Å². The van der Waals surface area contributed by atoms with Crippen LogP contribution in [0.25, 0.3) is 0 Å². The summed E-state index contributed by atoms with van der Waals surface area (Å²) < 4.78 is 33.8. The first-order valence-electron chi connectivity index (χ1n) is 11.1. The maximum atomic E-state index is 13.6. The van der Waals surface area contributed by atoms with E-state index in [4.69, 9.17) is 16.3 Å². The van der Waals surface area contributed by atoms with E-state index >= 15 is 0 Å². The Morgan fingerprint density at radius 2 is 2.00 bits per heavy atom. The van der Waals surface area contributed by atoms with Crippen LogP contribution in [0.1, 0.15) is 61.4 Å². The molecule has 0 saturated heterocycles. The molecule has 2 unspecified atom stereocenters. The Labute approximate surface area is 200 Å². The molecule has 0 spiro atoms. The molecule has 8 nitrogen and oxygen atoms in total. The molecule has 2 bridgehead atoms. The van der Waals surface area contributed by atoms with Crippen molar-refractivity contribution in [2.75, 3.05) is 6.61 Å². The molecule has 184 valence electrons. The third-order valence-corrected chi connectivity index (χ3v) is 7.19. The standard InChI is InChI=1S/C23H27ClF2N4O4/c1-13(25)17-10-18(30(2)29-17)21(33)28-22-5-7-23(8-6-22,19(31)11-22)27-20(32)12-34-14-3-4-15(24)16(26)9-14/h3-4,9-10,13,19,31H,5-8,11-12H2,1-2H3,(H,27,32)(H,28,33). The summed E-state index contributed by atoms with van der Waals surface area (Å²) in [6, 6.07) is 5.33. The van der Waals surface area contributed by atoms with Crippen molar-refractivity contribution < 1.29 is 28.2 Å². The van der Waals surface area contributed by atoms with Crippen molar-refractivity contribution in [2.24, 2.45) is 7.05 Å². The Hall–Kier alpha value is -2.72. The van der Waals surface area contributed by atoms with Gasteiger partial charge in [0.05, 0.1) is 22.4 Å². The minimum Gasteiger partial charge on any atom is -0.484 e. The number of halogens is 3. The number of hydrogen-bond acceptors (Lipinski definition) is 5. The lowest BCUT2D eigenvalue weighted by Crippen LogP contribution is -2.70. The Morgan fingerprint density at radius 1 is 1.29 bits per heavy atom. The molecule has 1 heterocycles. The van der Waals surface area contributed by atoms with Crippen molar-refractivity contribution in [3.63, 3.8) is 0 Å². The number of nitrogens with one attached hydrogen (secondary N) is 2. The first-order chi connectivity index (χ1) is 16.0. The van der Waals surface area contributed by atoms with Gasteiger partial charge in [-0.3, -0.25) is 14.3 Å². The number of aliphatic hydroxyl groups excluding tert-OH is 1. The van der Waals surface area contributed by atoms with E-state index in [1.807, 2.05) is 0 Å². The highest BCUT2D eigenvalue weighted by Gasteiger charge is 2.55. The Morgan fingerprint density at radius 3 is 2.59 bits per heavy atom. The number of ether oxygens (including phenoxy) is 1. The van der Waals surface area contributed by atoms with E-state index in [2.05, 4.69) is 15.7 Å². The van der Waals surface area contributed by atoms with Crippen LogP contribution in [0.4, 0.5) is 8.78 Å². The summed E-state index contributed by atoms with van der Waals surface area (Å²) in [5, 5.41) is 20.8. The van der Waals surface area contributed by atoms with Crippen LogP contribution in [0.2, 0.25) is 5.02 Å². The molecule has 3 aliphatic rings. The second kappa shape index (κ2) is 9.14. The van der Waals surface area contributed by atoms with Crippen LogP contribution in [0.15, 0.2) is 24.3 Å². The minimum absolute atomic E-state index is 0.0420. The molecule has 5 rings (SSSR count). The molecule has 0 radical (unpaired) electrons. The van der Waals surface area contributed by atoms with Gasteiger partial charge in [-0.15, -0.1) is 0 Å². The lowest BCUT2D eigenvalue weighted by atomic mass is 9.60. The summed E-state index contributed by atoms with van der Waals surface area (Å²) in [5.74, 6) is -1.29. The molecule has 0 aliphatic heterocycles. The fourth-order valence-electron chi connectivity index (χ4n) is 4.89. The summed E-state index contributed by atoms with van der Waals surface area (Å²) >= 11 is 5.65. The summed E-state index contributed by atoms with van der Waals surface area (Å²) in [5.41, 5.74) is -1.01. The van der Waals surface area contributed by atoms with Gasteiger partial charge in [0, 0.05) is 18.7 Å². The maximum Gasteiger partial charge on any atom is 0.269 e. The third kappa shape index (κ3) is 4.74. The highest BCUT2D eigenvalue weighted by atomic mass is 35.5. The molecule has 3 N–H and O–H groups in total. The van der Waals surface area contributed by atoms with Crippen LogP contribution >= 0.6 is 11.6 Å². The van der Waals surface area contributed by atoms with Crippen LogP contribution in [-0.2, 0) is 11.8 Å². The molecule has 3 saturated carbocycles. The van der Waals surface area contributed by atoms with Gasteiger partial charge in [0.1, 0.15) is 23.4 Å². The molecule has 11 heteroatoms. The highest BCUT2D eigenvalue weighted by Crippen LogP contribution is 2.47. The van der Waals surface area contributed by atoms with Gasteiger partial charge in [0.25, 0.3) is 11.8 Å². The van der Waals surface area contributed by atoms with Crippen molar-refractivity contribution in [1.29, 1.82) is 0 Å². The van der Waals surface area contributed by atoms with Crippen molar-refractivity contribution in [3.8, 4) is 5.75 Å². The molecule has 2 amide bonds. The van der Waals surface area contributed by atoms with Gasteiger partial charge in [-0.2, -0.15) is 5.10 Å². The van der Waals surface area contributed by atoms with E-state index in [-0.39, 0.29) is 41.1 Å². The number of amides is 2. The lowest BCUT2D eigenvalue weighted by Gasteiger charge is -2.56. The second-order valence-electron chi connectivity index (χ2n) is 9.22. The predicted molar refractivity (Wildman–Crippen MR) is 120 cm³/mol. The van der Waals surface area contributed by atoms with E-state index in [0.29, 0.717) is 25.7 Å². The molecular formula is C23H27ClF2N4O4. The fraction of sp³-hybridized carbons (Fsp3) is 0.522. The number of fused-ring (bicyclic) bond motifs is 3. The van der Waals surface area contributed by atoms with E-state index in [1.54, 1.807) is 7.05 Å². The smallest absolute Gasteiger partial charge is 0.269 e. The Balaban J connectivity index is 1.36. The topological polar surface area (TPSA) is 105 Å². The molecule has 34 heavy (non-hydrogen) atoms. The Kier molecular flexibility index (Phi) is 6.56. The third-order valence-electron chi connectivity index (χ3n) is 6.89. The molecule has 1 aromatic carbocycles. The zero-order valence-corrected chi connectivity index (χ0v) is 19.7. The average Bonchev–Trinajstić information content (AvgIpc) is 3.18. The first-order valence-corrected chi connectivity index (χ1v) is 11.5. The number of nitrogens with zero attached hydrogens (tertiary/aromatic N) is 2. The first kappa shape index (κ1) is 24.4. The molecule has 2 aromatic rings. The number of carbonyl (C=O) groups excluding carboxylic acids is 2. The number of benzene rings is 1. The second-order valence-corrected chi connectivity index (χ2v) is 9.62. The summed E-state index contributed by atoms with van der Waals surface area (Å²) in [6.07, 6.45) is 0.158. The SMILES string of the molecule is CC(F)c1cc(C(=O)NC23CCC(NC(=O)COc4ccc(Cl)c(F)c4)(CC2)C(O)C3)n(C)n1. The van der Waals surface area contributed by atoms with Gasteiger partial charge in [0.15, 0.2) is 6.61 Å². The zero-order valence-electron chi connectivity index (χ0n) is 18.9. The minimum atomic E-state index is -1.29.